The molecule has 0 radical (unpaired) electrons. The molecular formula is C23H25N7O3. The van der Waals surface area contributed by atoms with Gasteiger partial charge in [0.25, 0.3) is 5.91 Å². The molecule has 4 N–H and O–H groups in total. The zero-order valence-corrected chi connectivity index (χ0v) is 18.1. The first kappa shape index (κ1) is 20.1. The standard InChI is InChI=1S/C23H25N7O3/c1-24-20-9-18(16-11-29(12-7-13(31)8-12)21-14(16)3-2-6-25-21)27-22-15(10-26-30(20)22)23(33)28-17-4-5-19(17)32/h2-3,6,9-13,17,19,24,31-32H,4-5,7-8H2,1H3,(H,28,33)/t12-,13+,17-,19+/m0/s1. The third-order valence-corrected chi connectivity index (χ3v) is 6.87. The Balaban J connectivity index is 1.46. The topological polar surface area (TPSA) is 130 Å². The van der Waals surface area contributed by atoms with E-state index in [1.54, 1.807) is 17.8 Å². The predicted octanol–water partition coefficient (Wildman–Crippen LogP) is 1.74. The first-order chi connectivity index (χ1) is 16.0. The van der Waals surface area contributed by atoms with Gasteiger partial charge in [-0.05, 0) is 37.8 Å². The molecule has 2 aliphatic rings. The van der Waals surface area contributed by atoms with Gasteiger partial charge in [0.05, 0.1) is 30.1 Å². The van der Waals surface area contributed by atoms with Crippen LogP contribution in [0.4, 0.5) is 5.82 Å². The Kier molecular flexibility index (Phi) is 4.59. The van der Waals surface area contributed by atoms with Crippen LogP contribution in [-0.4, -0.2) is 65.6 Å². The van der Waals surface area contributed by atoms with E-state index in [1.165, 1.54) is 6.20 Å². The maximum Gasteiger partial charge on any atom is 0.257 e. The third-order valence-electron chi connectivity index (χ3n) is 6.87. The largest absolute Gasteiger partial charge is 0.393 e. The lowest BCUT2D eigenvalue weighted by Crippen LogP contribution is -2.50. The van der Waals surface area contributed by atoms with Crippen LogP contribution in [0.25, 0.3) is 27.9 Å². The van der Waals surface area contributed by atoms with Crippen LogP contribution in [-0.2, 0) is 0 Å². The number of carbonyl (C=O) groups excluding carboxylic acids is 1. The van der Waals surface area contributed by atoms with Crippen molar-refractivity contribution in [1.82, 2.24) is 29.5 Å². The monoisotopic (exact) mass is 447 g/mol. The Morgan fingerprint density at radius 2 is 2.06 bits per heavy atom. The fraction of sp³-hybridized carbons (Fsp3) is 0.391. The summed E-state index contributed by atoms with van der Waals surface area (Å²) in [6, 6.07) is 5.77. The number of fused-ring (bicyclic) bond motifs is 2. The molecule has 0 spiro atoms. The molecule has 2 saturated carbocycles. The molecule has 4 aromatic rings. The van der Waals surface area contributed by atoms with Gasteiger partial charge in [0.15, 0.2) is 5.65 Å². The summed E-state index contributed by atoms with van der Waals surface area (Å²) in [4.78, 5) is 22.3. The van der Waals surface area contributed by atoms with E-state index >= 15 is 0 Å². The van der Waals surface area contributed by atoms with Gasteiger partial charge in [-0.2, -0.15) is 9.61 Å². The van der Waals surface area contributed by atoms with Crippen LogP contribution in [0.2, 0.25) is 0 Å². The lowest BCUT2D eigenvalue weighted by Gasteiger charge is -2.32. The van der Waals surface area contributed by atoms with Crippen molar-refractivity contribution in [3.8, 4) is 11.3 Å². The molecule has 0 bridgehead atoms. The summed E-state index contributed by atoms with van der Waals surface area (Å²) in [6.07, 6.45) is 7.39. The SMILES string of the molecule is CNc1cc(-c2cn([C@H]3C[C@@H](O)C3)c3ncccc23)nc2c(C(=O)N[C@H]3CC[C@H]3O)cnn12. The first-order valence-electron chi connectivity index (χ1n) is 11.2. The number of aliphatic hydroxyl groups excluding tert-OH is 2. The molecule has 4 heterocycles. The molecular weight excluding hydrogens is 422 g/mol. The van der Waals surface area contributed by atoms with Crippen molar-refractivity contribution in [3.05, 3.63) is 42.4 Å². The van der Waals surface area contributed by atoms with E-state index in [1.807, 2.05) is 24.4 Å². The first-order valence-corrected chi connectivity index (χ1v) is 11.2. The van der Waals surface area contributed by atoms with Crippen molar-refractivity contribution in [2.75, 3.05) is 12.4 Å². The molecule has 0 aliphatic heterocycles. The molecule has 10 nitrogen and oxygen atoms in total. The van der Waals surface area contributed by atoms with Crippen molar-refractivity contribution >= 4 is 28.4 Å². The number of nitrogens with zero attached hydrogens (tertiary/aromatic N) is 5. The molecule has 2 fully saturated rings. The summed E-state index contributed by atoms with van der Waals surface area (Å²) in [5.74, 6) is 0.398. The van der Waals surface area contributed by atoms with Crippen molar-refractivity contribution in [2.24, 2.45) is 0 Å². The van der Waals surface area contributed by atoms with E-state index in [-0.39, 0.29) is 24.1 Å². The van der Waals surface area contributed by atoms with Crippen LogP contribution < -0.4 is 10.6 Å². The van der Waals surface area contributed by atoms with Crippen LogP contribution in [0.5, 0.6) is 0 Å². The minimum atomic E-state index is -0.504. The molecule has 0 unspecified atom stereocenters. The molecule has 1 amide bonds. The molecule has 6 rings (SSSR count). The average Bonchev–Trinajstić information content (AvgIpc) is 3.40. The number of amides is 1. The number of pyridine rings is 1. The summed E-state index contributed by atoms with van der Waals surface area (Å²) in [5.41, 5.74) is 3.24. The highest BCUT2D eigenvalue weighted by molar-refractivity contribution is 6.01. The molecule has 4 aromatic heterocycles. The molecule has 2 atom stereocenters. The maximum atomic E-state index is 12.9. The number of hydrogen-bond acceptors (Lipinski definition) is 7. The Labute approximate surface area is 189 Å². The Bertz CT molecular complexity index is 1370. The second-order valence-electron chi connectivity index (χ2n) is 8.90. The van der Waals surface area contributed by atoms with Crippen molar-refractivity contribution in [3.63, 3.8) is 0 Å². The average molecular weight is 447 g/mol. The van der Waals surface area contributed by atoms with Gasteiger partial charge >= 0.3 is 0 Å². The Morgan fingerprint density at radius 3 is 2.76 bits per heavy atom. The zero-order valence-electron chi connectivity index (χ0n) is 18.1. The van der Waals surface area contributed by atoms with E-state index in [0.717, 1.165) is 23.0 Å². The maximum absolute atomic E-state index is 12.9. The number of nitrogens with one attached hydrogen (secondary N) is 2. The normalized spacial score (nSPS) is 24.5. The highest BCUT2D eigenvalue weighted by atomic mass is 16.3. The number of aromatic nitrogens is 5. The highest BCUT2D eigenvalue weighted by Gasteiger charge is 2.32. The summed E-state index contributed by atoms with van der Waals surface area (Å²) in [7, 11) is 1.80. The summed E-state index contributed by atoms with van der Waals surface area (Å²) in [5, 5.41) is 31.0. The molecule has 170 valence electrons. The minimum Gasteiger partial charge on any atom is -0.393 e. The van der Waals surface area contributed by atoms with Crippen molar-refractivity contribution < 1.29 is 15.0 Å². The zero-order chi connectivity index (χ0) is 22.7. The number of carbonyl (C=O) groups is 1. The smallest absolute Gasteiger partial charge is 0.257 e. The van der Waals surface area contributed by atoms with Crippen molar-refractivity contribution in [1.29, 1.82) is 0 Å². The fourth-order valence-electron chi connectivity index (χ4n) is 4.69. The van der Waals surface area contributed by atoms with E-state index < -0.39 is 6.10 Å². The van der Waals surface area contributed by atoms with Gasteiger partial charge in [0, 0.05) is 42.5 Å². The summed E-state index contributed by atoms with van der Waals surface area (Å²) < 4.78 is 3.72. The quantitative estimate of drug-likeness (QED) is 0.367. The lowest BCUT2D eigenvalue weighted by molar-refractivity contribution is 0.0448. The molecule has 33 heavy (non-hydrogen) atoms. The van der Waals surface area contributed by atoms with Gasteiger partial charge in [-0.15, -0.1) is 0 Å². The van der Waals surface area contributed by atoms with Crippen LogP contribution in [0.15, 0.2) is 36.8 Å². The second-order valence-corrected chi connectivity index (χ2v) is 8.90. The van der Waals surface area contributed by atoms with Gasteiger partial charge in [0.1, 0.15) is 17.0 Å². The summed E-state index contributed by atoms with van der Waals surface area (Å²) in [6.45, 7) is 0. The van der Waals surface area contributed by atoms with E-state index in [2.05, 4.69) is 25.3 Å². The molecule has 0 saturated heterocycles. The van der Waals surface area contributed by atoms with E-state index in [4.69, 9.17) is 4.98 Å². The molecule has 10 heteroatoms. The van der Waals surface area contributed by atoms with Gasteiger partial charge in [-0.3, -0.25) is 4.79 Å². The third kappa shape index (κ3) is 3.17. The minimum absolute atomic E-state index is 0.198. The van der Waals surface area contributed by atoms with E-state index in [0.29, 0.717) is 42.0 Å². The number of aliphatic hydroxyl groups is 2. The van der Waals surface area contributed by atoms with Gasteiger partial charge < -0.3 is 25.4 Å². The van der Waals surface area contributed by atoms with Gasteiger partial charge in [0.2, 0.25) is 0 Å². The van der Waals surface area contributed by atoms with Crippen LogP contribution >= 0.6 is 0 Å². The predicted molar refractivity (Wildman–Crippen MR) is 122 cm³/mol. The Hall–Kier alpha value is -3.50. The van der Waals surface area contributed by atoms with Crippen LogP contribution in [0.3, 0.4) is 0 Å². The summed E-state index contributed by atoms with van der Waals surface area (Å²) >= 11 is 0. The lowest BCUT2D eigenvalue weighted by atomic mass is 9.89. The molecule has 2 aliphatic carbocycles. The van der Waals surface area contributed by atoms with Gasteiger partial charge in [-0.25, -0.2) is 9.97 Å². The van der Waals surface area contributed by atoms with Crippen molar-refractivity contribution in [2.45, 2.75) is 50.0 Å². The van der Waals surface area contributed by atoms with Crippen LogP contribution in [0, 0.1) is 0 Å². The van der Waals surface area contributed by atoms with Gasteiger partial charge in [-0.1, -0.05) is 0 Å². The number of rotatable bonds is 5. The fourth-order valence-corrected chi connectivity index (χ4v) is 4.69. The second kappa shape index (κ2) is 7.53. The van der Waals surface area contributed by atoms with E-state index in [9.17, 15) is 15.0 Å². The number of hydrogen-bond donors (Lipinski definition) is 4. The Morgan fingerprint density at radius 1 is 1.21 bits per heavy atom. The highest BCUT2D eigenvalue weighted by Crippen LogP contribution is 2.38. The van der Waals surface area contributed by atoms with Crippen LogP contribution in [0.1, 0.15) is 42.1 Å². The number of anilines is 1. The molecule has 0 aromatic carbocycles.